The van der Waals surface area contributed by atoms with Crippen LogP contribution in [0.4, 0.5) is 0 Å². The summed E-state index contributed by atoms with van der Waals surface area (Å²) in [7, 11) is 1.45. The number of carbonyl (C=O) groups excluding carboxylic acids is 1. The number of likely N-dealkylation sites (tertiary alicyclic amines) is 1. The molecule has 0 spiro atoms. The predicted molar refractivity (Wildman–Crippen MR) is 138 cm³/mol. The number of nitrogens with zero attached hydrogens (tertiary/aromatic N) is 2. The molecule has 6 heteroatoms. The van der Waals surface area contributed by atoms with Crippen molar-refractivity contribution < 1.29 is 18.7 Å². The molecule has 1 aliphatic rings. The van der Waals surface area contributed by atoms with E-state index in [1.165, 1.54) is 12.7 Å². The van der Waals surface area contributed by atoms with Gasteiger partial charge in [-0.15, -0.1) is 0 Å². The zero-order valence-corrected chi connectivity index (χ0v) is 20.6. The van der Waals surface area contributed by atoms with Gasteiger partial charge in [-0.05, 0) is 67.3 Å². The molecule has 1 aliphatic heterocycles. The topological polar surface area (TPSA) is 64.8 Å². The van der Waals surface area contributed by atoms with E-state index in [0.717, 1.165) is 59.8 Å². The zero-order valence-electron chi connectivity index (χ0n) is 20.6. The number of hydrogen-bond donors (Lipinski definition) is 0. The molecule has 5 rings (SSSR count). The Bertz CT molecular complexity index is 1300. The summed E-state index contributed by atoms with van der Waals surface area (Å²) in [6.45, 7) is 3.85. The van der Waals surface area contributed by atoms with Crippen LogP contribution in [0.3, 0.4) is 0 Å². The van der Waals surface area contributed by atoms with Gasteiger partial charge < -0.3 is 13.9 Å². The molecule has 0 unspecified atom stereocenters. The molecule has 6 nitrogen and oxygen atoms in total. The normalized spacial score (nSPS) is 15.7. The van der Waals surface area contributed by atoms with Gasteiger partial charge in [0.25, 0.3) is 0 Å². The zero-order chi connectivity index (χ0) is 24.9. The van der Waals surface area contributed by atoms with Crippen molar-refractivity contribution >= 4 is 5.97 Å². The second kappa shape index (κ2) is 10.8. The largest absolute Gasteiger partial charge is 0.487 e. The average Bonchev–Trinajstić information content (AvgIpc) is 3.54. The smallest absolute Gasteiger partial charge is 0.323 e. The Morgan fingerprint density at radius 1 is 0.972 bits per heavy atom. The lowest BCUT2D eigenvalue weighted by atomic mass is 10.0. The third-order valence-electron chi connectivity index (χ3n) is 6.65. The summed E-state index contributed by atoms with van der Waals surface area (Å²) in [4.78, 5) is 18.8. The van der Waals surface area contributed by atoms with Gasteiger partial charge in [-0.2, -0.15) is 0 Å². The van der Waals surface area contributed by atoms with Gasteiger partial charge in [0.05, 0.1) is 7.11 Å². The van der Waals surface area contributed by atoms with Gasteiger partial charge >= 0.3 is 5.97 Å². The maximum absolute atomic E-state index is 12.0. The van der Waals surface area contributed by atoms with Crippen LogP contribution in [-0.2, 0) is 22.7 Å². The van der Waals surface area contributed by atoms with Gasteiger partial charge in [-0.25, -0.2) is 4.98 Å². The lowest BCUT2D eigenvalue weighted by Crippen LogP contribution is -2.36. The number of aryl methyl sites for hydroxylation is 1. The highest BCUT2D eigenvalue weighted by Crippen LogP contribution is 2.27. The van der Waals surface area contributed by atoms with E-state index in [9.17, 15) is 4.79 Å². The Morgan fingerprint density at radius 2 is 1.67 bits per heavy atom. The second-order valence-corrected chi connectivity index (χ2v) is 9.05. The van der Waals surface area contributed by atoms with Crippen LogP contribution >= 0.6 is 0 Å². The third-order valence-corrected chi connectivity index (χ3v) is 6.65. The molecule has 2 heterocycles. The third kappa shape index (κ3) is 5.34. The molecule has 1 fully saturated rings. The molecule has 4 aromatic rings. The number of ether oxygens (including phenoxy) is 2. The Labute approximate surface area is 211 Å². The predicted octanol–water partition coefficient (Wildman–Crippen LogP) is 6.03. The van der Waals surface area contributed by atoms with Crippen molar-refractivity contribution in [1.29, 1.82) is 0 Å². The van der Waals surface area contributed by atoms with E-state index in [0.29, 0.717) is 12.5 Å². The number of rotatable bonds is 8. The first-order valence-electron chi connectivity index (χ1n) is 12.3. The molecule has 0 bridgehead atoms. The Kier molecular flexibility index (Phi) is 7.14. The van der Waals surface area contributed by atoms with E-state index in [1.54, 1.807) is 0 Å². The van der Waals surface area contributed by atoms with E-state index in [1.807, 2.05) is 61.5 Å². The maximum Gasteiger partial charge on any atom is 0.323 e. The van der Waals surface area contributed by atoms with Crippen molar-refractivity contribution in [2.45, 2.75) is 39.0 Å². The summed E-state index contributed by atoms with van der Waals surface area (Å²) in [5, 5.41) is 0. The molecular weight excluding hydrogens is 452 g/mol. The van der Waals surface area contributed by atoms with E-state index in [2.05, 4.69) is 34.1 Å². The summed E-state index contributed by atoms with van der Waals surface area (Å²) in [6.07, 6.45) is 1.86. The van der Waals surface area contributed by atoms with Crippen LogP contribution < -0.4 is 4.74 Å². The molecule has 1 atom stereocenters. The minimum atomic E-state index is -0.151. The summed E-state index contributed by atoms with van der Waals surface area (Å²) < 4.78 is 16.9. The van der Waals surface area contributed by atoms with Gasteiger partial charge in [-0.1, -0.05) is 54.6 Å². The molecule has 0 N–H and O–H groups in total. The first kappa shape index (κ1) is 23.8. The van der Waals surface area contributed by atoms with Crippen LogP contribution in [0.1, 0.15) is 29.9 Å². The minimum Gasteiger partial charge on any atom is -0.487 e. The Hall–Kier alpha value is -3.90. The molecule has 0 amide bonds. The first-order valence-corrected chi connectivity index (χ1v) is 12.3. The summed E-state index contributed by atoms with van der Waals surface area (Å²) in [5.41, 5.74) is 5.17. The van der Waals surface area contributed by atoms with Crippen LogP contribution in [0, 0.1) is 6.92 Å². The van der Waals surface area contributed by atoms with E-state index < -0.39 is 0 Å². The fourth-order valence-corrected chi connectivity index (χ4v) is 4.62. The first-order chi connectivity index (χ1) is 17.6. The fraction of sp³-hybridized carbons (Fsp3) is 0.267. The number of aromatic nitrogens is 1. The van der Waals surface area contributed by atoms with Crippen molar-refractivity contribution in [3.8, 4) is 28.3 Å². The molecule has 1 saturated heterocycles. The van der Waals surface area contributed by atoms with E-state index in [4.69, 9.17) is 13.9 Å². The van der Waals surface area contributed by atoms with Gasteiger partial charge in [0.15, 0.2) is 0 Å². The van der Waals surface area contributed by atoms with Gasteiger partial charge in [0, 0.05) is 12.1 Å². The highest BCUT2D eigenvalue weighted by atomic mass is 16.5. The number of hydrogen-bond acceptors (Lipinski definition) is 6. The van der Waals surface area contributed by atoms with Gasteiger partial charge in [-0.3, -0.25) is 9.69 Å². The van der Waals surface area contributed by atoms with Crippen molar-refractivity contribution in [2.24, 2.45) is 0 Å². The molecule has 0 radical (unpaired) electrons. The van der Waals surface area contributed by atoms with Crippen molar-refractivity contribution in [2.75, 3.05) is 13.7 Å². The number of oxazole rings is 1. The summed E-state index contributed by atoms with van der Waals surface area (Å²) in [5.74, 6) is 1.95. The van der Waals surface area contributed by atoms with Crippen molar-refractivity contribution in [1.82, 2.24) is 9.88 Å². The quantitative estimate of drug-likeness (QED) is 0.286. The number of methoxy groups -OCH3 is 1. The highest BCUT2D eigenvalue weighted by molar-refractivity contribution is 5.76. The second-order valence-electron chi connectivity index (χ2n) is 9.05. The van der Waals surface area contributed by atoms with E-state index in [-0.39, 0.29) is 12.0 Å². The van der Waals surface area contributed by atoms with Crippen LogP contribution in [0.2, 0.25) is 0 Å². The van der Waals surface area contributed by atoms with Crippen LogP contribution in [0.5, 0.6) is 5.75 Å². The van der Waals surface area contributed by atoms with Gasteiger partial charge in [0.2, 0.25) is 5.89 Å². The SMILES string of the molecule is COC(=O)[C@H]1CCCN1Cc1ccc(OCc2nc(-c3ccc(-c4ccccc4)cc3)oc2C)cc1. The lowest BCUT2D eigenvalue weighted by molar-refractivity contribution is -0.146. The average molecular weight is 483 g/mol. The van der Waals surface area contributed by atoms with Crippen molar-refractivity contribution in [3.05, 3.63) is 95.9 Å². The van der Waals surface area contributed by atoms with E-state index >= 15 is 0 Å². The van der Waals surface area contributed by atoms with Gasteiger partial charge in [0.1, 0.15) is 29.9 Å². The maximum atomic E-state index is 12.0. The lowest BCUT2D eigenvalue weighted by Gasteiger charge is -2.22. The van der Waals surface area contributed by atoms with Crippen LogP contribution in [0.25, 0.3) is 22.6 Å². The highest BCUT2D eigenvalue weighted by Gasteiger charge is 2.31. The number of benzene rings is 3. The molecule has 3 aromatic carbocycles. The number of carbonyl (C=O) groups is 1. The van der Waals surface area contributed by atoms with Crippen molar-refractivity contribution in [3.63, 3.8) is 0 Å². The molecule has 0 saturated carbocycles. The Morgan fingerprint density at radius 3 is 2.39 bits per heavy atom. The Balaban J connectivity index is 1.19. The minimum absolute atomic E-state index is 0.148. The molecule has 36 heavy (non-hydrogen) atoms. The molecule has 1 aromatic heterocycles. The molecular formula is C30H30N2O4. The fourth-order valence-electron chi connectivity index (χ4n) is 4.62. The standard InChI is InChI=1S/C30H30N2O4/c1-21-27(31-29(36-21)25-14-12-24(13-15-25)23-7-4-3-5-8-23)20-35-26-16-10-22(11-17-26)19-32-18-6-9-28(32)30(33)34-2/h3-5,7-8,10-17,28H,6,9,18-20H2,1-2H3/t28-/m1/s1. The van der Waals surface area contributed by atoms with Crippen LogP contribution in [-0.4, -0.2) is 35.5 Å². The molecule has 184 valence electrons. The molecule has 0 aliphatic carbocycles. The summed E-state index contributed by atoms with van der Waals surface area (Å²) in [6, 6.07) is 26.3. The van der Waals surface area contributed by atoms with Crippen LogP contribution in [0.15, 0.2) is 83.3 Å². The number of esters is 1. The summed E-state index contributed by atoms with van der Waals surface area (Å²) >= 11 is 0. The monoisotopic (exact) mass is 482 g/mol.